The minimum Gasteiger partial charge on any atom is -0.353 e. The number of halogens is 3. The maximum atomic E-state index is 12.5. The fraction of sp³-hybridized carbons (Fsp3) is 0.333. The van der Waals surface area contributed by atoms with Gasteiger partial charge in [-0.15, -0.1) is 0 Å². The van der Waals surface area contributed by atoms with Gasteiger partial charge in [0.05, 0.1) is 10.6 Å². The van der Waals surface area contributed by atoms with Gasteiger partial charge in [0.1, 0.15) is 6.04 Å². The molecule has 0 spiro atoms. The van der Waals surface area contributed by atoms with Gasteiger partial charge in [-0.2, -0.15) is 0 Å². The Morgan fingerprint density at radius 2 is 2.16 bits per heavy atom. The number of hydrogen-bond acceptors (Lipinski definition) is 2. The lowest BCUT2D eigenvalue weighted by molar-refractivity contribution is -0.127. The molecular weight excluding hydrogens is 402 g/mol. The highest BCUT2D eigenvalue weighted by Gasteiger charge is 2.31. The Morgan fingerprint density at radius 3 is 2.84 bits per heavy atom. The van der Waals surface area contributed by atoms with Gasteiger partial charge in [0.15, 0.2) is 0 Å². The number of nitrogens with zero attached hydrogens (tertiary/aromatic N) is 1. The van der Waals surface area contributed by atoms with E-state index in [4.69, 9.17) is 23.2 Å². The quantitative estimate of drug-likeness (QED) is 0.569. The highest BCUT2D eigenvalue weighted by Crippen LogP contribution is 2.28. The number of hydrogen-bond donors (Lipinski definition) is 1. The second-order valence-electron chi connectivity index (χ2n) is 4.21. The first-order valence-corrected chi connectivity index (χ1v) is 7.48. The molecule has 2 amide bonds. The molecule has 1 aliphatic rings. The van der Waals surface area contributed by atoms with Crippen molar-refractivity contribution in [2.45, 2.75) is 13.0 Å². The van der Waals surface area contributed by atoms with Gasteiger partial charge in [0.2, 0.25) is 5.91 Å². The van der Waals surface area contributed by atoms with Gasteiger partial charge in [0.25, 0.3) is 5.91 Å². The second-order valence-corrected chi connectivity index (χ2v) is 6.14. The molecule has 1 fully saturated rings. The molecule has 2 rings (SSSR count). The number of nitrogens with one attached hydrogen (secondary N) is 1. The summed E-state index contributed by atoms with van der Waals surface area (Å²) in [6.45, 7) is 2.64. The molecule has 7 heteroatoms. The predicted molar refractivity (Wildman–Crippen MR) is 82.7 cm³/mol. The van der Waals surface area contributed by atoms with Gasteiger partial charge in [-0.25, -0.2) is 0 Å². The molecule has 0 saturated carbocycles. The van der Waals surface area contributed by atoms with Crippen LogP contribution in [0.2, 0.25) is 10.0 Å². The Kier molecular flexibility index (Phi) is 4.58. The number of carbonyl (C=O) groups excluding carboxylic acids is 2. The molecule has 0 aromatic heterocycles. The summed E-state index contributed by atoms with van der Waals surface area (Å²) in [4.78, 5) is 25.6. The summed E-state index contributed by atoms with van der Waals surface area (Å²) in [5.41, 5.74) is 0.430. The van der Waals surface area contributed by atoms with Crippen molar-refractivity contribution in [3.8, 4) is 0 Å². The standard InChI is InChI=1S/C12H11Cl2IN2O2/c1-6-11(18)16-2-3-17(6)12(19)8-4-7(13)5-9(14)10(8)15/h4-6H,2-3H2,1H3,(H,16,18). The maximum absolute atomic E-state index is 12.5. The number of amides is 2. The summed E-state index contributed by atoms with van der Waals surface area (Å²) in [7, 11) is 0. The minimum absolute atomic E-state index is 0.150. The smallest absolute Gasteiger partial charge is 0.255 e. The SMILES string of the molecule is CC1C(=O)NCCN1C(=O)c1cc(Cl)cc(Cl)c1I. The summed E-state index contributed by atoms with van der Waals surface area (Å²) >= 11 is 14.0. The highest BCUT2D eigenvalue weighted by atomic mass is 127. The van der Waals surface area contributed by atoms with Gasteiger partial charge in [0, 0.05) is 21.7 Å². The Balaban J connectivity index is 2.36. The van der Waals surface area contributed by atoms with Crippen molar-refractivity contribution < 1.29 is 9.59 Å². The molecule has 1 N–H and O–H groups in total. The van der Waals surface area contributed by atoms with Crippen LogP contribution >= 0.6 is 45.8 Å². The molecule has 1 aliphatic heterocycles. The minimum atomic E-state index is -0.491. The number of carbonyl (C=O) groups is 2. The van der Waals surface area contributed by atoms with Crippen LogP contribution in [0.25, 0.3) is 0 Å². The van der Waals surface area contributed by atoms with Crippen LogP contribution in [-0.2, 0) is 4.79 Å². The van der Waals surface area contributed by atoms with E-state index in [9.17, 15) is 9.59 Å². The molecule has 1 saturated heterocycles. The third kappa shape index (κ3) is 2.98. The molecule has 1 aromatic rings. The van der Waals surface area contributed by atoms with Crippen molar-refractivity contribution in [1.29, 1.82) is 0 Å². The third-order valence-electron chi connectivity index (χ3n) is 2.98. The molecule has 0 bridgehead atoms. The topological polar surface area (TPSA) is 49.4 Å². The summed E-state index contributed by atoms with van der Waals surface area (Å²) < 4.78 is 0.645. The molecule has 1 aromatic carbocycles. The third-order valence-corrected chi connectivity index (χ3v) is 4.98. The van der Waals surface area contributed by atoms with Crippen LogP contribution in [0.15, 0.2) is 12.1 Å². The van der Waals surface area contributed by atoms with Crippen LogP contribution in [0.1, 0.15) is 17.3 Å². The molecule has 4 nitrogen and oxygen atoms in total. The lowest BCUT2D eigenvalue weighted by atomic mass is 10.1. The molecule has 1 unspecified atom stereocenters. The van der Waals surface area contributed by atoms with Crippen LogP contribution in [0, 0.1) is 3.57 Å². The van der Waals surface area contributed by atoms with E-state index in [0.29, 0.717) is 32.3 Å². The van der Waals surface area contributed by atoms with Crippen molar-refractivity contribution in [3.05, 3.63) is 31.3 Å². The Hall–Kier alpha value is -0.530. The zero-order valence-corrected chi connectivity index (χ0v) is 13.7. The molecule has 102 valence electrons. The number of rotatable bonds is 1. The summed E-state index contributed by atoms with van der Waals surface area (Å²) in [5.74, 6) is -0.376. The lowest BCUT2D eigenvalue weighted by Crippen LogP contribution is -2.55. The van der Waals surface area contributed by atoms with Gasteiger partial charge >= 0.3 is 0 Å². The van der Waals surface area contributed by atoms with E-state index in [2.05, 4.69) is 5.32 Å². The highest BCUT2D eigenvalue weighted by molar-refractivity contribution is 14.1. The van der Waals surface area contributed by atoms with Gasteiger partial charge in [-0.3, -0.25) is 9.59 Å². The fourth-order valence-corrected chi connectivity index (χ4v) is 2.96. The first-order valence-electron chi connectivity index (χ1n) is 5.65. The number of piperazine rings is 1. The van der Waals surface area contributed by atoms with Gasteiger partial charge in [-0.05, 0) is 41.6 Å². The largest absolute Gasteiger partial charge is 0.353 e. The van der Waals surface area contributed by atoms with Crippen molar-refractivity contribution in [2.75, 3.05) is 13.1 Å². The van der Waals surface area contributed by atoms with Gasteiger partial charge in [-0.1, -0.05) is 23.2 Å². The van der Waals surface area contributed by atoms with Crippen molar-refractivity contribution in [1.82, 2.24) is 10.2 Å². The zero-order valence-electron chi connectivity index (χ0n) is 10.0. The summed E-state index contributed by atoms with van der Waals surface area (Å²) in [6, 6.07) is 2.68. The second kappa shape index (κ2) is 5.85. The summed E-state index contributed by atoms with van der Waals surface area (Å²) in [5, 5.41) is 3.56. The molecule has 1 atom stereocenters. The van der Waals surface area contributed by atoms with Crippen LogP contribution in [-0.4, -0.2) is 35.8 Å². The van der Waals surface area contributed by atoms with E-state index < -0.39 is 6.04 Å². The average Bonchev–Trinajstić information content (AvgIpc) is 2.36. The summed E-state index contributed by atoms with van der Waals surface area (Å²) in [6.07, 6.45) is 0. The van der Waals surface area contributed by atoms with Crippen molar-refractivity contribution in [3.63, 3.8) is 0 Å². The molecular formula is C12H11Cl2IN2O2. The lowest BCUT2D eigenvalue weighted by Gasteiger charge is -2.33. The monoisotopic (exact) mass is 412 g/mol. The zero-order chi connectivity index (χ0) is 14.2. The number of benzene rings is 1. The van der Waals surface area contributed by atoms with E-state index in [1.807, 2.05) is 22.6 Å². The normalized spacial score (nSPS) is 19.3. The first-order chi connectivity index (χ1) is 8.91. The molecule has 0 radical (unpaired) electrons. The van der Waals surface area contributed by atoms with Crippen LogP contribution in [0.3, 0.4) is 0 Å². The predicted octanol–water partition coefficient (Wildman–Crippen LogP) is 2.56. The Bertz CT molecular complexity index is 551. The van der Waals surface area contributed by atoms with Crippen LogP contribution < -0.4 is 5.32 Å². The van der Waals surface area contributed by atoms with Crippen molar-refractivity contribution in [2.24, 2.45) is 0 Å². The molecule has 1 heterocycles. The maximum Gasteiger partial charge on any atom is 0.255 e. The van der Waals surface area contributed by atoms with E-state index >= 15 is 0 Å². The Morgan fingerprint density at radius 1 is 1.47 bits per heavy atom. The molecule has 19 heavy (non-hydrogen) atoms. The van der Waals surface area contributed by atoms with E-state index in [1.54, 1.807) is 19.1 Å². The van der Waals surface area contributed by atoms with Crippen LogP contribution in [0.5, 0.6) is 0 Å². The van der Waals surface area contributed by atoms with Gasteiger partial charge < -0.3 is 10.2 Å². The average molecular weight is 413 g/mol. The Labute approximate surface area is 134 Å². The van der Waals surface area contributed by atoms with E-state index in [0.717, 1.165) is 0 Å². The molecule has 0 aliphatic carbocycles. The van der Waals surface area contributed by atoms with E-state index in [1.165, 1.54) is 4.90 Å². The fourth-order valence-electron chi connectivity index (χ4n) is 1.93. The van der Waals surface area contributed by atoms with E-state index in [-0.39, 0.29) is 11.8 Å². The van der Waals surface area contributed by atoms with Crippen LogP contribution in [0.4, 0.5) is 0 Å². The van der Waals surface area contributed by atoms with Crippen molar-refractivity contribution >= 4 is 57.6 Å². The first kappa shape index (κ1) is 14.9.